The highest BCUT2D eigenvalue weighted by Crippen LogP contribution is 2.37. The van der Waals surface area contributed by atoms with Gasteiger partial charge in [-0.25, -0.2) is 9.97 Å². The van der Waals surface area contributed by atoms with Gasteiger partial charge in [-0.1, -0.05) is 0 Å². The van der Waals surface area contributed by atoms with E-state index in [0.717, 1.165) is 34.9 Å². The van der Waals surface area contributed by atoms with Crippen molar-refractivity contribution in [3.05, 3.63) is 33.2 Å². The molecule has 1 N–H and O–H groups in total. The molecule has 3 heterocycles. The molecule has 18 heavy (non-hydrogen) atoms. The van der Waals surface area contributed by atoms with Crippen molar-refractivity contribution in [1.29, 1.82) is 0 Å². The number of hydrogen-bond acceptors (Lipinski definition) is 4. The molecule has 3 nitrogen and oxygen atoms in total. The van der Waals surface area contributed by atoms with E-state index in [9.17, 15) is 0 Å². The first kappa shape index (κ1) is 10.5. The van der Waals surface area contributed by atoms with E-state index >= 15 is 0 Å². The molecule has 5 heteroatoms. The molecule has 3 aromatic rings. The summed E-state index contributed by atoms with van der Waals surface area (Å²) in [5.74, 6) is 0.971. The Bertz CT molecular complexity index is 720. The molecule has 4 rings (SSSR count). The fraction of sp³-hybridized carbons (Fsp3) is 0.231. The van der Waals surface area contributed by atoms with E-state index in [4.69, 9.17) is 4.98 Å². The number of aromatic amines is 1. The second-order valence-electron chi connectivity index (χ2n) is 4.44. The molecule has 0 aliphatic heterocycles. The van der Waals surface area contributed by atoms with Gasteiger partial charge in [0.15, 0.2) is 0 Å². The molecule has 1 aliphatic rings. The minimum absolute atomic E-state index is 0.971. The van der Waals surface area contributed by atoms with Crippen molar-refractivity contribution in [3.8, 4) is 22.0 Å². The van der Waals surface area contributed by atoms with Gasteiger partial charge in [0.05, 0.1) is 21.8 Å². The lowest BCUT2D eigenvalue weighted by Gasteiger charge is -2.09. The zero-order chi connectivity index (χ0) is 12.1. The zero-order valence-corrected chi connectivity index (χ0v) is 11.5. The van der Waals surface area contributed by atoms with E-state index in [2.05, 4.69) is 21.4 Å². The van der Waals surface area contributed by atoms with Gasteiger partial charge in [-0.15, -0.1) is 22.7 Å². The fourth-order valence-corrected chi connectivity index (χ4v) is 4.06. The van der Waals surface area contributed by atoms with Crippen molar-refractivity contribution in [3.63, 3.8) is 0 Å². The lowest BCUT2D eigenvalue weighted by molar-refractivity contribution is 0.927. The molecular formula is C13H11N3S2. The number of thiophene rings is 1. The number of fused-ring (bicyclic) bond motifs is 3. The van der Waals surface area contributed by atoms with E-state index in [1.54, 1.807) is 11.3 Å². The SMILES string of the molecule is Cc1ncsc1-c1nc2c([nH]1)CCc1sccc1-2. The molecule has 90 valence electrons. The Balaban J connectivity index is 1.90. The van der Waals surface area contributed by atoms with Crippen LogP contribution in [0.1, 0.15) is 16.3 Å². The van der Waals surface area contributed by atoms with Crippen molar-refractivity contribution in [2.75, 3.05) is 0 Å². The lowest BCUT2D eigenvalue weighted by atomic mass is 10.0. The third kappa shape index (κ3) is 1.41. The molecule has 0 spiro atoms. The number of imidazole rings is 1. The Morgan fingerprint density at radius 1 is 1.28 bits per heavy atom. The van der Waals surface area contributed by atoms with Crippen LogP contribution in [0.4, 0.5) is 0 Å². The summed E-state index contributed by atoms with van der Waals surface area (Å²) in [5.41, 5.74) is 6.65. The average molecular weight is 273 g/mol. The van der Waals surface area contributed by atoms with Gasteiger partial charge in [-0.05, 0) is 31.2 Å². The highest BCUT2D eigenvalue weighted by atomic mass is 32.1. The van der Waals surface area contributed by atoms with Crippen LogP contribution in [0.15, 0.2) is 17.0 Å². The highest BCUT2D eigenvalue weighted by molar-refractivity contribution is 7.13. The summed E-state index contributed by atoms with van der Waals surface area (Å²) in [6, 6.07) is 2.18. The minimum atomic E-state index is 0.971. The summed E-state index contributed by atoms with van der Waals surface area (Å²) in [7, 11) is 0. The predicted octanol–water partition coefficient (Wildman–Crippen LogP) is 3.67. The summed E-state index contributed by atoms with van der Waals surface area (Å²) in [6.07, 6.45) is 2.19. The molecule has 3 aromatic heterocycles. The topological polar surface area (TPSA) is 41.6 Å². The van der Waals surface area contributed by atoms with Gasteiger partial charge >= 0.3 is 0 Å². The predicted molar refractivity (Wildman–Crippen MR) is 75.2 cm³/mol. The molecule has 1 aliphatic carbocycles. The highest BCUT2D eigenvalue weighted by Gasteiger charge is 2.22. The zero-order valence-electron chi connectivity index (χ0n) is 9.86. The van der Waals surface area contributed by atoms with Gasteiger partial charge < -0.3 is 4.98 Å². The Morgan fingerprint density at radius 3 is 3.06 bits per heavy atom. The van der Waals surface area contributed by atoms with Crippen LogP contribution in [-0.4, -0.2) is 15.0 Å². The van der Waals surface area contributed by atoms with Crippen molar-refractivity contribution in [1.82, 2.24) is 15.0 Å². The number of nitrogens with one attached hydrogen (secondary N) is 1. The van der Waals surface area contributed by atoms with Crippen molar-refractivity contribution < 1.29 is 0 Å². The first-order valence-corrected chi connectivity index (χ1v) is 7.65. The molecule has 0 fully saturated rings. The number of aromatic nitrogens is 3. The summed E-state index contributed by atoms with van der Waals surface area (Å²) in [4.78, 5) is 15.2. The lowest BCUT2D eigenvalue weighted by Crippen LogP contribution is -1.99. The maximum Gasteiger partial charge on any atom is 0.150 e. The first-order valence-electron chi connectivity index (χ1n) is 5.89. The van der Waals surface area contributed by atoms with E-state index < -0.39 is 0 Å². The molecule has 0 saturated heterocycles. The maximum atomic E-state index is 4.79. The molecular weight excluding hydrogens is 262 g/mol. The van der Waals surface area contributed by atoms with Crippen LogP contribution in [0.5, 0.6) is 0 Å². The van der Waals surface area contributed by atoms with Gasteiger partial charge in [-0.2, -0.15) is 0 Å². The largest absolute Gasteiger partial charge is 0.341 e. The van der Waals surface area contributed by atoms with Crippen LogP contribution in [0, 0.1) is 6.92 Å². The van der Waals surface area contributed by atoms with Crippen molar-refractivity contribution >= 4 is 22.7 Å². The molecule has 0 unspecified atom stereocenters. The molecule has 0 bridgehead atoms. The molecule has 0 aromatic carbocycles. The second-order valence-corrected chi connectivity index (χ2v) is 6.29. The van der Waals surface area contributed by atoms with E-state index in [0.29, 0.717) is 0 Å². The van der Waals surface area contributed by atoms with Crippen molar-refractivity contribution in [2.45, 2.75) is 19.8 Å². The summed E-state index contributed by atoms with van der Waals surface area (Å²) < 4.78 is 0. The van der Waals surface area contributed by atoms with Crippen LogP contribution in [0.3, 0.4) is 0 Å². The van der Waals surface area contributed by atoms with Gasteiger partial charge in [0.1, 0.15) is 5.82 Å². The smallest absolute Gasteiger partial charge is 0.150 e. The second kappa shape index (κ2) is 3.76. The average Bonchev–Trinajstić information content (AvgIpc) is 3.04. The Morgan fingerprint density at radius 2 is 2.22 bits per heavy atom. The first-order chi connectivity index (χ1) is 8.83. The van der Waals surface area contributed by atoms with Gasteiger partial charge in [0, 0.05) is 16.1 Å². The number of H-pyrrole nitrogens is 1. The summed E-state index contributed by atoms with van der Waals surface area (Å²) in [5, 5.41) is 2.16. The normalized spacial score (nSPS) is 13.4. The van der Waals surface area contributed by atoms with E-state index in [-0.39, 0.29) is 0 Å². The summed E-state index contributed by atoms with van der Waals surface area (Å²) >= 11 is 3.48. The molecule has 0 amide bonds. The molecule has 0 radical (unpaired) electrons. The van der Waals surface area contributed by atoms with Crippen LogP contribution in [-0.2, 0) is 12.8 Å². The standard InChI is InChI=1S/C13H11N3S2/c1-7-12(18-6-14-7)13-15-9-2-3-10-8(4-5-17-10)11(9)16-13/h4-6H,2-3H2,1H3,(H,15,16). The van der Waals surface area contributed by atoms with Gasteiger partial charge in [0.2, 0.25) is 0 Å². The van der Waals surface area contributed by atoms with Crippen LogP contribution in [0.2, 0.25) is 0 Å². The Labute approximate surface area is 113 Å². The number of thiazole rings is 1. The van der Waals surface area contributed by atoms with Crippen LogP contribution in [0.25, 0.3) is 22.0 Å². The number of hydrogen-bond donors (Lipinski definition) is 1. The number of nitrogens with zero attached hydrogens (tertiary/aromatic N) is 2. The Hall–Kier alpha value is -1.46. The quantitative estimate of drug-likeness (QED) is 0.735. The van der Waals surface area contributed by atoms with Crippen LogP contribution >= 0.6 is 22.7 Å². The molecule has 0 atom stereocenters. The van der Waals surface area contributed by atoms with E-state index in [1.807, 2.05) is 23.8 Å². The third-order valence-corrected chi connectivity index (χ3v) is 5.26. The third-order valence-electron chi connectivity index (χ3n) is 3.34. The number of aryl methyl sites for hydroxylation is 3. The fourth-order valence-electron chi connectivity index (χ4n) is 2.43. The van der Waals surface area contributed by atoms with Crippen LogP contribution < -0.4 is 0 Å². The number of rotatable bonds is 1. The van der Waals surface area contributed by atoms with E-state index in [1.165, 1.54) is 16.1 Å². The monoisotopic (exact) mass is 273 g/mol. The van der Waals surface area contributed by atoms with Crippen molar-refractivity contribution in [2.24, 2.45) is 0 Å². The van der Waals surface area contributed by atoms with Gasteiger partial charge in [0.25, 0.3) is 0 Å². The van der Waals surface area contributed by atoms with Gasteiger partial charge in [-0.3, -0.25) is 0 Å². The summed E-state index contributed by atoms with van der Waals surface area (Å²) in [6.45, 7) is 2.03. The minimum Gasteiger partial charge on any atom is -0.341 e. The molecule has 0 saturated carbocycles. The Kier molecular flexibility index (Phi) is 2.19. The maximum absolute atomic E-state index is 4.79.